The van der Waals surface area contributed by atoms with Crippen LogP contribution in [0.3, 0.4) is 0 Å². The molecule has 1 saturated heterocycles. The van der Waals surface area contributed by atoms with Gasteiger partial charge in [-0.25, -0.2) is 0 Å². The molecular formula is C11H14O3. The van der Waals surface area contributed by atoms with Gasteiger partial charge in [-0.2, -0.15) is 0 Å². The summed E-state index contributed by atoms with van der Waals surface area (Å²) in [5.74, 6) is 0.116. The second kappa shape index (κ2) is 2.28. The molecule has 0 aromatic carbocycles. The summed E-state index contributed by atoms with van der Waals surface area (Å²) in [7, 11) is 0. The predicted octanol–water partition coefficient (Wildman–Crippen LogP) is 0.814. The molecule has 3 rings (SSSR count). The van der Waals surface area contributed by atoms with Crippen molar-refractivity contribution in [2.45, 2.75) is 44.0 Å². The van der Waals surface area contributed by atoms with E-state index in [1.54, 1.807) is 12.2 Å². The standard InChI is InChI=1S/C11H14O3/c1-10-6-2-3-8(13)11(10)9(14-11)5-4-7(10)12/h4-5,8-9,13H,2-3,6H2,1H3. The Morgan fingerprint density at radius 1 is 1.64 bits per heavy atom. The van der Waals surface area contributed by atoms with Crippen LogP contribution >= 0.6 is 0 Å². The number of rotatable bonds is 0. The van der Waals surface area contributed by atoms with Crippen molar-refractivity contribution < 1.29 is 14.6 Å². The summed E-state index contributed by atoms with van der Waals surface area (Å²) in [5, 5.41) is 9.98. The van der Waals surface area contributed by atoms with Crippen LogP contribution in [0.15, 0.2) is 12.2 Å². The summed E-state index contributed by atoms with van der Waals surface area (Å²) in [6.07, 6.45) is 5.42. The molecule has 0 amide bonds. The zero-order valence-corrected chi connectivity index (χ0v) is 8.19. The molecule has 14 heavy (non-hydrogen) atoms. The van der Waals surface area contributed by atoms with Crippen molar-refractivity contribution in [1.29, 1.82) is 0 Å². The number of ether oxygens (including phenoxy) is 1. The molecule has 1 spiro atoms. The topological polar surface area (TPSA) is 49.8 Å². The van der Waals surface area contributed by atoms with Crippen LogP contribution in [0.2, 0.25) is 0 Å². The van der Waals surface area contributed by atoms with Gasteiger partial charge in [0.25, 0.3) is 0 Å². The van der Waals surface area contributed by atoms with Gasteiger partial charge >= 0.3 is 0 Å². The van der Waals surface area contributed by atoms with E-state index in [4.69, 9.17) is 4.74 Å². The summed E-state index contributed by atoms with van der Waals surface area (Å²) in [4.78, 5) is 11.8. The fourth-order valence-electron chi connectivity index (χ4n) is 3.17. The smallest absolute Gasteiger partial charge is 0.164 e. The zero-order valence-electron chi connectivity index (χ0n) is 8.19. The van der Waals surface area contributed by atoms with Crippen LogP contribution in [0.25, 0.3) is 0 Å². The number of hydrogen-bond acceptors (Lipinski definition) is 3. The van der Waals surface area contributed by atoms with Crippen LogP contribution in [-0.4, -0.2) is 28.7 Å². The molecule has 3 aliphatic rings. The quantitative estimate of drug-likeness (QED) is 0.581. The molecular weight excluding hydrogens is 180 g/mol. The van der Waals surface area contributed by atoms with Crippen molar-refractivity contribution in [3.8, 4) is 0 Å². The van der Waals surface area contributed by atoms with Crippen LogP contribution < -0.4 is 0 Å². The molecule has 0 aromatic rings. The maximum Gasteiger partial charge on any atom is 0.164 e. The molecule has 1 saturated carbocycles. The average Bonchev–Trinajstić information content (AvgIpc) is 2.87. The molecule has 1 heterocycles. The molecule has 1 N–H and O–H groups in total. The Hall–Kier alpha value is -0.670. The van der Waals surface area contributed by atoms with Crippen molar-refractivity contribution in [2.75, 3.05) is 0 Å². The number of carbonyl (C=O) groups excluding carboxylic acids is 1. The molecule has 0 bridgehead atoms. The minimum absolute atomic E-state index is 0.0273. The first-order chi connectivity index (χ1) is 6.61. The third-order valence-electron chi connectivity index (χ3n) is 4.17. The van der Waals surface area contributed by atoms with Gasteiger partial charge < -0.3 is 9.84 Å². The van der Waals surface area contributed by atoms with Crippen molar-refractivity contribution in [2.24, 2.45) is 5.41 Å². The van der Waals surface area contributed by atoms with E-state index in [9.17, 15) is 9.90 Å². The Labute approximate surface area is 82.8 Å². The van der Waals surface area contributed by atoms with Gasteiger partial charge in [-0.15, -0.1) is 0 Å². The molecule has 1 aliphatic heterocycles. The number of epoxide rings is 1. The van der Waals surface area contributed by atoms with Crippen LogP contribution in [0.1, 0.15) is 26.2 Å². The number of allylic oxidation sites excluding steroid dienone is 1. The fourth-order valence-corrected chi connectivity index (χ4v) is 3.17. The Morgan fingerprint density at radius 2 is 2.43 bits per heavy atom. The summed E-state index contributed by atoms with van der Waals surface area (Å²) < 4.78 is 5.60. The third-order valence-corrected chi connectivity index (χ3v) is 4.17. The van der Waals surface area contributed by atoms with Gasteiger partial charge in [-0.1, -0.05) is 0 Å². The van der Waals surface area contributed by atoms with E-state index in [0.29, 0.717) is 0 Å². The van der Waals surface area contributed by atoms with Gasteiger partial charge in [0.1, 0.15) is 11.7 Å². The fraction of sp³-hybridized carbons (Fsp3) is 0.727. The molecule has 0 aromatic heterocycles. The van der Waals surface area contributed by atoms with Gasteiger partial charge in [-0.05, 0) is 38.3 Å². The van der Waals surface area contributed by atoms with E-state index in [1.807, 2.05) is 6.92 Å². The highest BCUT2D eigenvalue weighted by Gasteiger charge is 2.74. The Bertz CT molecular complexity index is 335. The number of ketones is 1. The number of hydrogen-bond donors (Lipinski definition) is 1. The van der Waals surface area contributed by atoms with Crippen molar-refractivity contribution in [1.82, 2.24) is 0 Å². The first kappa shape index (κ1) is 8.62. The number of aliphatic hydroxyl groups excluding tert-OH is 1. The maximum absolute atomic E-state index is 11.8. The largest absolute Gasteiger partial charge is 0.390 e. The van der Waals surface area contributed by atoms with Crippen molar-refractivity contribution in [3.05, 3.63) is 12.2 Å². The monoisotopic (exact) mass is 194 g/mol. The van der Waals surface area contributed by atoms with Crippen LogP contribution in [-0.2, 0) is 9.53 Å². The first-order valence-electron chi connectivity index (χ1n) is 5.20. The predicted molar refractivity (Wildman–Crippen MR) is 49.7 cm³/mol. The average molecular weight is 194 g/mol. The number of carbonyl (C=O) groups is 1. The summed E-state index contributed by atoms with van der Waals surface area (Å²) in [6.45, 7) is 1.93. The second-order valence-corrected chi connectivity index (χ2v) is 4.80. The molecule has 3 nitrogen and oxygen atoms in total. The van der Waals surface area contributed by atoms with E-state index in [-0.39, 0.29) is 11.9 Å². The van der Waals surface area contributed by atoms with E-state index in [1.165, 1.54) is 0 Å². The molecule has 3 heteroatoms. The van der Waals surface area contributed by atoms with E-state index in [0.717, 1.165) is 19.3 Å². The lowest BCUT2D eigenvalue weighted by molar-refractivity contribution is -0.135. The number of aliphatic hydroxyl groups is 1. The summed E-state index contributed by atoms with van der Waals surface area (Å²) in [6, 6.07) is 0. The lowest BCUT2D eigenvalue weighted by atomic mass is 9.60. The van der Waals surface area contributed by atoms with Gasteiger partial charge in [0.05, 0.1) is 11.5 Å². The molecule has 2 fully saturated rings. The second-order valence-electron chi connectivity index (χ2n) is 4.80. The molecule has 4 atom stereocenters. The lowest BCUT2D eigenvalue weighted by Crippen LogP contribution is -2.55. The Kier molecular flexibility index (Phi) is 1.41. The Morgan fingerprint density at radius 3 is 3.14 bits per heavy atom. The van der Waals surface area contributed by atoms with E-state index >= 15 is 0 Å². The van der Waals surface area contributed by atoms with E-state index in [2.05, 4.69) is 0 Å². The van der Waals surface area contributed by atoms with Crippen LogP contribution in [0.5, 0.6) is 0 Å². The molecule has 0 radical (unpaired) electrons. The molecule has 4 unspecified atom stereocenters. The zero-order chi connectivity index (χ0) is 9.97. The van der Waals surface area contributed by atoms with Crippen molar-refractivity contribution >= 4 is 5.78 Å². The summed E-state index contributed by atoms with van der Waals surface area (Å²) in [5.41, 5.74) is -1.05. The van der Waals surface area contributed by atoms with Crippen LogP contribution in [0, 0.1) is 5.41 Å². The van der Waals surface area contributed by atoms with Crippen LogP contribution in [0.4, 0.5) is 0 Å². The van der Waals surface area contributed by atoms with Gasteiger partial charge in [-0.3, -0.25) is 4.79 Å². The van der Waals surface area contributed by atoms with Gasteiger partial charge in [0.2, 0.25) is 0 Å². The first-order valence-corrected chi connectivity index (χ1v) is 5.20. The minimum Gasteiger partial charge on any atom is -0.390 e. The normalized spacial score (nSPS) is 55.1. The highest BCUT2D eigenvalue weighted by atomic mass is 16.6. The SMILES string of the molecule is CC12CCCC(O)C13OC3C=CC2=O. The Balaban J connectivity index is 2.11. The minimum atomic E-state index is -0.572. The molecule has 2 aliphatic carbocycles. The third kappa shape index (κ3) is 0.708. The molecule has 76 valence electrons. The van der Waals surface area contributed by atoms with Gasteiger partial charge in [0, 0.05) is 0 Å². The van der Waals surface area contributed by atoms with Crippen molar-refractivity contribution in [3.63, 3.8) is 0 Å². The lowest BCUT2D eigenvalue weighted by Gasteiger charge is -2.42. The highest BCUT2D eigenvalue weighted by Crippen LogP contribution is 2.61. The highest BCUT2D eigenvalue weighted by molar-refractivity contribution is 5.98. The van der Waals surface area contributed by atoms with E-state index < -0.39 is 17.1 Å². The summed E-state index contributed by atoms with van der Waals surface area (Å²) >= 11 is 0. The van der Waals surface area contributed by atoms with Gasteiger partial charge in [0.15, 0.2) is 5.78 Å². The maximum atomic E-state index is 11.8.